The quantitative estimate of drug-likeness (QED) is 0.543. The van der Waals surface area contributed by atoms with Crippen LogP contribution in [-0.4, -0.2) is 45.8 Å². The number of fused-ring (bicyclic) bond motifs is 6. The minimum atomic E-state index is -1.08. The molecule has 4 rings (SSSR count). The Balaban J connectivity index is 1.77. The summed E-state index contributed by atoms with van der Waals surface area (Å²) in [5.74, 6) is -0.602. The van der Waals surface area contributed by atoms with E-state index in [9.17, 15) is 19.8 Å². The molecule has 6 nitrogen and oxygen atoms in total. The summed E-state index contributed by atoms with van der Waals surface area (Å²) >= 11 is 0. The van der Waals surface area contributed by atoms with Crippen LogP contribution in [0.15, 0.2) is 16.8 Å². The molecule has 0 aliphatic heterocycles. The van der Waals surface area contributed by atoms with Gasteiger partial charge in [-0.25, -0.2) is 0 Å². The van der Waals surface area contributed by atoms with Gasteiger partial charge in [-0.15, -0.1) is 0 Å². The van der Waals surface area contributed by atoms with E-state index in [4.69, 9.17) is 4.84 Å². The van der Waals surface area contributed by atoms with E-state index in [0.717, 1.165) is 30.5 Å². The molecule has 7 atom stereocenters. The van der Waals surface area contributed by atoms with Crippen molar-refractivity contribution in [2.75, 3.05) is 6.61 Å². The highest BCUT2D eigenvalue weighted by molar-refractivity contribution is 5.97. The number of allylic oxidation sites excluding steroid dienone is 1. The number of ketones is 2. The molecule has 0 spiro atoms. The fourth-order valence-electron chi connectivity index (χ4n) is 7.24. The summed E-state index contributed by atoms with van der Waals surface area (Å²) in [6.07, 6.45) is 4.75. The van der Waals surface area contributed by atoms with Gasteiger partial charge >= 0.3 is 0 Å². The second kappa shape index (κ2) is 7.27. The molecule has 0 amide bonds. The predicted octanol–water partition coefficient (Wildman–Crippen LogP) is 3.20. The summed E-state index contributed by atoms with van der Waals surface area (Å²) in [5, 5.41) is 26.9. The van der Waals surface area contributed by atoms with E-state index in [1.165, 1.54) is 0 Å². The number of oxime groups is 1. The van der Waals surface area contributed by atoms with Gasteiger partial charge in [-0.3, -0.25) is 9.59 Å². The van der Waals surface area contributed by atoms with Crippen LogP contribution in [0.3, 0.4) is 0 Å². The highest BCUT2D eigenvalue weighted by Crippen LogP contribution is 2.65. The van der Waals surface area contributed by atoms with Crippen LogP contribution in [0.5, 0.6) is 0 Å². The fourth-order valence-corrected chi connectivity index (χ4v) is 7.24. The lowest BCUT2D eigenvalue weighted by atomic mass is 9.52. The molecule has 0 aromatic rings. The lowest BCUT2D eigenvalue weighted by molar-refractivity contribution is -0.130. The Morgan fingerprint density at radius 3 is 2.67 bits per heavy atom. The zero-order valence-corrected chi connectivity index (χ0v) is 18.6. The van der Waals surface area contributed by atoms with Crippen molar-refractivity contribution in [1.82, 2.24) is 0 Å². The van der Waals surface area contributed by atoms with Crippen LogP contribution < -0.4 is 0 Å². The molecule has 0 saturated heterocycles. The van der Waals surface area contributed by atoms with E-state index in [0.29, 0.717) is 25.9 Å². The fraction of sp³-hybridized carbons (Fsp3) is 0.792. The maximum atomic E-state index is 13.2. The number of nitrogens with zero attached hydrogens (tertiary/aromatic N) is 1. The monoisotopic (exact) mass is 417 g/mol. The average Bonchev–Trinajstić information content (AvgIpc) is 2.83. The van der Waals surface area contributed by atoms with Crippen LogP contribution in [0.4, 0.5) is 0 Å². The summed E-state index contributed by atoms with van der Waals surface area (Å²) in [6, 6.07) is 0. The normalized spacial score (nSPS) is 46.5. The minimum absolute atomic E-state index is 0.00652. The lowest BCUT2D eigenvalue weighted by Gasteiger charge is -2.54. The van der Waals surface area contributed by atoms with Gasteiger partial charge in [0.05, 0.1) is 11.3 Å². The van der Waals surface area contributed by atoms with Gasteiger partial charge in [-0.05, 0) is 75.4 Å². The zero-order valence-electron chi connectivity index (χ0n) is 18.6. The second-order valence-corrected chi connectivity index (χ2v) is 10.6. The molecule has 1 unspecified atom stereocenters. The summed E-state index contributed by atoms with van der Waals surface area (Å²) in [4.78, 5) is 30.8. The van der Waals surface area contributed by atoms with E-state index in [-0.39, 0.29) is 35.2 Å². The number of Topliss-reactive ketones (excluding diaryl/α,β-unsaturated/α-hetero) is 1. The summed E-state index contributed by atoms with van der Waals surface area (Å²) in [7, 11) is 0. The Kier molecular flexibility index (Phi) is 5.25. The van der Waals surface area contributed by atoms with Gasteiger partial charge in [0, 0.05) is 23.7 Å². The van der Waals surface area contributed by atoms with E-state index in [1.807, 2.05) is 13.8 Å². The molecule has 0 heterocycles. The zero-order chi connectivity index (χ0) is 21.9. The van der Waals surface area contributed by atoms with Crippen LogP contribution in [-0.2, 0) is 14.4 Å². The molecule has 0 aromatic carbocycles. The number of carbonyl (C=O) groups is 2. The van der Waals surface area contributed by atoms with Gasteiger partial charge in [-0.1, -0.05) is 19.0 Å². The second-order valence-electron chi connectivity index (χ2n) is 10.6. The van der Waals surface area contributed by atoms with Gasteiger partial charge in [-0.2, -0.15) is 0 Å². The van der Waals surface area contributed by atoms with Crippen molar-refractivity contribution < 1.29 is 24.6 Å². The summed E-state index contributed by atoms with van der Waals surface area (Å²) < 4.78 is 0. The van der Waals surface area contributed by atoms with Crippen LogP contribution >= 0.6 is 0 Å². The third kappa shape index (κ3) is 3.01. The Morgan fingerprint density at radius 2 is 1.97 bits per heavy atom. The highest BCUT2D eigenvalue weighted by atomic mass is 16.6. The molecule has 3 fully saturated rings. The standard InChI is InChI=1S/C24H35NO5/c1-5-30-25-14(2)16-7-9-24(29)18-11-19(26)15-10-20(27)21(28)13-22(3,12-15)17(18)6-8-23(16,24)4/h11,15-17,21,28-29H,5-10,12-13H2,1-4H3/b25-14+/t15-,16+,17?,21-,22+,23+,24+/m0/s1. The van der Waals surface area contributed by atoms with E-state index >= 15 is 0 Å². The molecule has 2 bridgehead atoms. The smallest absolute Gasteiger partial charge is 0.162 e. The molecule has 166 valence electrons. The first-order chi connectivity index (χ1) is 14.1. The number of aliphatic hydroxyl groups is 2. The maximum absolute atomic E-state index is 13.2. The van der Waals surface area contributed by atoms with Crippen molar-refractivity contribution in [1.29, 1.82) is 0 Å². The number of carbonyl (C=O) groups excluding carboxylic acids is 2. The van der Waals surface area contributed by atoms with Gasteiger partial charge < -0.3 is 15.1 Å². The molecule has 30 heavy (non-hydrogen) atoms. The SMILES string of the molecule is CCO/N=C(\C)[C@H]1CC[C@@]2(O)C3=CC(=O)[C@H]4CC(=O)[C@@H](O)C[C@@](C)(C4)C3CC[C@]12C. The Morgan fingerprint density at radius 1 is 1.23 bits per heavy atom. The molecule has 4 aliphatic carbocycles. The maximum Gasteiger partial charge on any atom is 0.162 e. The number of hydrogen-bond donors (Lipinski definition) is 2. The molecule has 4 aliphatic rings. The van der Waals surface area contributed by atoms with Gasteiger partial charge in [0.25, 0.3) is 0 Å². The largest absolute Gasteiger partial charge is 0.396 e. The third-order valence-corrected chi connectivity index (χ3v) is 8.89. The van der Waals surface area contributed by atoms with Crippen molar-refractivity contribution in [2.45, 2.75) is 84.3 Å². The number of rotatable bonds is 3. The van der Waals surface area contributed by atoms with Crippen molar-refractivity contribution >= 4 is 17.3 Å². The summed E-state index contributed by atoms with van der Waals surface area (Å²) in [5.41, 5.74) is -0.141. The van der Waals surface area contributed by atoms with Gasteiger partial charge in [0.1, 0.15) is 12.7 Å². The Bertz CT molecular complexity index is 818. The topological polar surface area (TPSA) is 96.2 Å². The Labute approximate surface area is 178 Å². The van der Waals surface area contributed by atoms with Crippen molar-refractivity contribution in [3.05, 3.63) is 11.6 Å². The van der Waals surface area contributed by atoms with E-state index in [2.05, 4.69) is 19.0 Å². The van der Waals surface area contributed by atoms with Gasteiger partial charge in [0.15, 0.2) is 11.6 Å². The van der Waals surface area contributed by atoms with Crippen molar-refractivity contribution in [2.24, 2.45) is 33.7 Å². The molecule has 6 heteroatoms. The molecular formula is C24H35NO5. The minimum Gasteiger partial charge on any atom is -0.396 e. The molecular weight excluding hydrogens is 382 g/mol. The first kappa shape index (κ1) is 21.7. The van der Waals surface area contributed by atoms with Crippen LogP contribution in [0.1, 0.15) is 72.6 Å². The van der Waals surface area contributed by atoms with E-state index in [1.54, 1.807) is 6.08 Å². The first-order valence-electron chi connectivity index (χ1n) is 11.4. The summed E-state index contributed by atoms with van der Waals surface area (Å²) in [6.45, 7) is 8.60. The number of aliphatic hydroxyl groups excluding tert-OH is 1. The first-order valence-corrected chi connectivity index (χ1v) is 11.4. The van der Waals surface area contributed by atoms with Crippen molar-refractivity contribution in [3.63, 3.8) is 0 Å². The average molecular weight is 418 g/mol. The number of hydrogen-bond acceptors (Lipinski definition) is 6. The third-order valence-electron chi connectivity index (χ3n) is 8.89. The van der Waals surface area contributed by atoms with E-state index < -0.39 is 23.0 Å². The Hall–Kier alpha value is -1.53. The molecule has 0 radical (unpaired) electrons. The van der Waals surface area contributed by atoms with Crippen LogP contribution in [0.25, 0.3) is 0 Å². The molecule has 3 saturated carbocycles. The molecule has 2 N–H and O–H groups in total. The van der Waals surface area contributed by atoms with Crippen LogP contribution in [0, 0.1) is 28.6 Å². The molecule has 0 aromatic heterocycles. The van der Waals surface area contributed by atoms with Crippen molar-refractivity contribution in [3.8, 4) is 0 Å². The highest BCUT2D eigenvalue weighted by Gasteiger charge is 2.65. The lowest BCUT2D eigenvalue weighted by Crippen LogP contribution is -2.55. The van der Waals surface area contributed by atoms with Crippen LogP contribution in [0.2, 0.25) is 0 Å². The van der Waals surface area contributed by atoms with Gasteiger partial charge in [0.2, 0.25) is 0 Å². The predicted molar refractivity (Wildman–Crippen MR) is 113 cm³/mol.